The van der Waals surface area contributed by atoms with Gasteiger partial charge in [0.2, 0.25) is 0 Å². The number of aryl methyl sites for hydroxylation is 1. The highest BCUT2D eigenvalue weighted by Crippen LogP contribution is 2.19. The van der Waals surface area contributed by atoms with Crippen molar-refractivity contribution in [3.63, 3.8) is 0 Å². The summed E-state index contributed by atoms with van der Waals surface area (Å²) >= 11 is 0. The molecule has 1 N–H and O–H groups in total. The number of pyridine rings is 1. The molecule has 1 aliphatic rings. The van der Waals surface area contributed by atoms with Gasteiger partial charge in [0, 0.05) is 6.20 Å². The van der Waals surface area contributed by atoms with Gasteiger partial charge in [0.25, 0.3) is 0 Å². The first-order valence-corrected chi connectivity index (χ1v) is 5.64. The van der Waals surface area contributed by atoms with Gasteiger partial charge in [0.15, 0.2) is 0 Å². The Morgan fingerprint density at radius 2 is 2.20 bits per heavy atom. The van der Waals surface area contributed by atoms with Gasteiger partial charge in [0.1, 0.15) is 0 Å². The quantitative estimate of drug-likeness (QED) is 0.768. The maximum Gasteiger partial charge on any atom is 0.0790 e. The van der Waals surface area contributed by atoms with E-state index in [1.807, 2.05) is 19.2 Å². The average molecular weight is 206 g/mol. The first kappa shape index (κ1) is 10.6. The molecule has 3 nitrogen and oxygen atoms in total. The van der Waals surface area contributed by atoms with Crippen molar-refractivity contribution < 1.29 is 4.84 Å². The van der Waals surface area contributed by atoms with Gasteiger partial charge in [-0.05, 0) is 31.4 Å². The fourth-order valence-corrected chi connectivity index (χ4v) is 1.84. The van der Waals surface area contributed by atoms with Crippen LogP contribution in [-0.2, 0) is 11.4 Å². The monoisotopic (exact) mass is 206 g/mol. The average Bonchev–Trinajstić information content (AvgIpc) is 2.74. The van der Waals surface area contributed by atoms with Crippen LogP contribution in [0.1, 0.15) is 36.9 Å². The van der Waals surface area contributed by atoms with Gasteiger partial charge in [-0.15, -0.1) is 0 Å². The molecule has 3 heteroatoms. The van der Waals surface area contributed by atoms with Crippen molar-refractivity contribution in [2.45, 2.75) is 45.3 Å². The largest absolute Gasteiger partial charge is 0.298 e. The van der Waals surface area contributed by atoms with Crippen LogP contribution in [0.2, 0.25) is 0 Å². The third-order valence-electron chi connectivity index (χ3n) is 2.78. The second-order valence-corrected chi connectivity index (χ2v) is 4.17. The molecular weight excluding hydrogens is 188 g/mol. The lowest BCUT2D eigenvalue weighted by Crippen LogP contribution is -2.21. The number of nitrogens with one attached hydrogen (secondary N) is 1. The molecule has 0 atom stereocenters. The van der Waals surface area contributed by atoms with E-state index in [4.69, 9.17) is 4.84 Å². The zero-order valence-electron chi connectivity index (χ0n) is 9.20. The van der Waals surface area contributed by atoms with Crippen LogP contribution < -0.4 is 5.48 Å². The molecule has 1 aromatic heterocycles. The van der Waals surface area contributed by atoms with E-state index in [1.54, 1.807) is 0 Å². The highest BCUT2D eigenvalue weighted by atomic mass is 16.7. The van der Waals surface area contributed by atoms with Crippen LogP contribution in [0.15, 0.2) is 18.3 Å². The van der Waals surface area contributed by atoms with Gasteiger partial charge in [-0.25, -0.2) is 0 Å². The second kappa shape index (κ2) is 5.24. The van der Waals surface area contributed by atoms with Gasteiger partial charge in [0.05, 0.1) is 18.3 Å². The lowest BCUT2D eigenvalue weighted by molar-refractivity contribution is -0.0249. The number of hydrogen-bond acceptors (Lipinski definition) is 3. The highest BCUT2D eigenvalue weighted by molar-refractivity contribution is 5.11. The molecule has 1 fully saturated rings. The Hall–Kier alpha value is -0.930. The first-order valence-electron chi connectivity index (χ1n) is 5.64. The molecule has 0 saturated heterocycles. The Morgan fingerprint density at radius 3 is 2.87 bits per heavy atom. The Morgan fingerprint density at radius 1 is 1.40 bits per heavy atom. The molecule has 0 bridgehead atoms. The Labute approximate surface area is 90.8 Å². The summed E-state index contributed by atoms with van der Waals surface area (Å²) < 4.78 is 0. The fourth-order valence-electron chi connectivity index (χ4n) is 1.84. The Kier molecular flexibility index (Phi) is 3.69. The van der Waals surface area contributed by atoms with E-state index < -0.39 is 0 Å². The normalized spacial score (nSPS) is 17.1. The molecular formula is C12H18N2O. The van der Waals surface area contributed by atoms with Crippen LogP contribution in [0.3, 0.4) is 0 Å². The lowest BCUT2D eigenvalue weighted by atomic mass is 10.3. The van der Waals surface area contributed by atoms with Crippen molar-refractivity contribution in [1.82, 2.24) is 10.5 Å². The highest BCUT2D eigenvalue weighted by Gasteiger charge is 2.15. The Bertz CT molecular complexity index is 291. The summed E-state index contributed by atoms with van der Waals surface area (Å²) in [5.41, 5.74) is 5.22. The van der Waals surface area contributed by atoms with E-state index in [-0.39, 0.29) is 0 Å². The standard InChI is InChI=1S/C12H18N2O/c1-10-6-7-11(13-8-10)9-14-15-12-4-2-3-5-12/h6-8,12,14H,2-5,9H2,1H3. The lowest BCUT2D eigenvalue weighted by Gasteiger charge is -2.11. The summed E-state index contributed by atoms with van der Waals surface area (Å²) in [6.07, 6.45) is 7.27. The van der Waals surface area contributed by atoms with E-state index in [9.17, 15) is 0 Å². The fraction of sp³-hybridized carbons (Fsp3) is 0.583. The number of nitrogens with zero attached hydrogens (tertiary/aromatic N) is 1. The third kappa shape index (κ3) is 3.29. The van der Waals surface area contributed by atoms with Gasteiger partial charge in [-0.2, -0.15) is 5.48 Å². The van der Waals surface area contributed by atoms with Gasteiger partial charge < -0.3 is 0 Å². The minimum Gasteiger partial charge on any atom is -0.298 e. The third-order valence-corrected chi connectivity index (χ3v) is 2.78. The smallest absolute Gasteiger partial charge is 0.0790 e. The molecule has 0 radical (unpaired) electrons. The minimum absolute atomic E-state index is 0.412. The van der Waals surface area contributed by atoms with E-state index in [1.165, 1.54) is 31.2 Å². The van der Waals surface area contributed by atoms with Crippen molar-refractivity contribution in [2.75, 3.05) is 0 Å². The van der Waals surface area contributed by atoms with Crippen molar-refractivity contribution in [3.8, 4) is 0 Å². The Balaban J connectivity index is 1.71. The van der Waals surface area contributed by atoms with Crippen LogP contribution in [0, 0.1) is 6.92 Å². The molecule has 0 unspecified atom stereocenters. The number of aromatic nitrogens is 1. The van der Waals surface area contributed by atoms with E-state index in [0.29, 0.717) is 12.6 Å². The molecule has 2 rings (SSSR count). The zero-order chi connectivity index (χ0) is 10.5. The van der Waals surface area contributed by atoms with Crippen LogP contribution in [0.5, 0.6) is 0 Å². The number of hydrogen-bond donors (Lipinski definition) is 1. The van der Waals surface area contributed by atoms with Crippen LogP contribution in [-0.4, -0.2) is 11.1 Å². The van der Waals surface area contributed by atoms with Crippen LogP contribution in [0.4, 0.5) is 0 Å². The SMILES string of the molecule is Cc1ccc(CNOC2CCCC2)nc1. The van der Waals surface area contributed by atoms with Crippen molar-refractivity contribution >= 4 is 0 Å². The minimum atomic E-state index is 0.412. The summed E-state index contributed by atoms with van der Waals surface area (Å²) in [7, 11) is 0. The van der Waals surface area contributed by atoms with Crippen molar-refractivity contribution in [3.05, 3.63) is 29.6 Å². The molecule has 0 amide bonds. The van der Waals surface area contributed by atoms with Crippen molar-refractivity contribution in [1.29, 1.82) is 0 Å². The second-order valence-electron chi connectivity index (χ2n) is 4.17. The van der Waals surface area contributed by atoms with E-state index >= 15 is 0 Å². The van der Waals surface area contributed by atoms with Crippen LogP contribution >= 0.6 is 0 Å². The molecule has 0 aliphatic heterocycles. The predicted octanol–water partition coefficient (Wildman–Crippen LogP) is 2.35. The molecule has 1 heterocycles. The number of rotatable bonds is 4. The molecule has 1 saturated carbocycles. The summed E-state index contributed by atoms with van der Waals surface area (Å²) in [5.74, 6) is 0. The molecule has 15 heavy (non-hydrogen) atoms. The maximum absolute atomic E-state index is 5.55. The molecule has 0 spiro atoms. The summed E-state index contributed by atoms with van der Waals surface area (Å²) in [5, 5.41) is 0. The van der Waals surface area contributed by atoms with Gasteiger partial charge in [-0.3, -0.25) is 9.82 Å². The molecule has 1 aromatic rings. The summed E-state index contributed by atoms with van der Waals surface area (Å²) in [6.45, 7) is 2.73. The van der Waals surface area contributed by atoms with Gasteiger partial charge >= 0.3 is 0 Å². The first-order chi connectivity index (χ1) is 7.34. The summed E-state index contributed by atoms with van der Waals surface area (Å²) in [4.78, 5) is 9.85. The van der Waals surface area contributed by atoms with Crippen LogP contribution in [0.25, 0.3) is 0 Å². The van der Waals surface area contributed by atoms with Gasteiger partial charge in [-0.1, -0.05) is 18.9 Å². The molecule has 82 valence electrons. The van der Waals surface area contributed by atoms with E-state index in [2.05, 4.69) is 16.5 Å². The molecule has 0 aromatic carbocycles. The summed E-state index contributed by atoms with van der Waals surface area (Å²) in [6, 6.07) is 4.10. The van der Waals surface area contributed by atoms with Crippen molar-refractivity contribution in [2.24, 2.45) is 0 Å². The zero-order valence-corrected chi connectivity index (χ0v) is 9.20. The molecule has 1 aliphatic carbocycles. The topological polar surface area (TPSA) is 34.1 Å². The van der Waals surface area contributed by atoms with E-state index in [0.717, 1.165) is 5.69 Å². The maximum atomic E-state index is 5.55. The predicted molar refractivity (Wildman–Crippen MR) is 59.2 cm³/mol. The number of hydroxylamine groups is 1.